The van der Waals surface area contributed by atoms with Crippen LogP contribution in [0.4, 0.5) is 5.69 Å². The van der Waals surface area contributed by atoms with Crippen LogP contribution in [0, 0.1) is 6.92 Å². The first kappa shape index (κ1) is 14.3. The number of sulfone groups is 1. The van der Waals surface area contributed by atoms with Gasteiger partial charge < -0.3 is 10.3 Å². The quantitative estimate of drug-likeness (QED) is 0.918. The lowest BCUT2D eigenvalue weighted by Gasteiger charge is -2.08. The Morgan fingerprint density at radius 2 is 1.75 bits per heavy atom. The van der Waals surface area contributed by atoms with Gasteiger partial charge >= 0.3 is 0 Å². The zero-order valence-corrected chi connectivity index (χ0v) is 11.9. The first-order chi connectivity index (χ1) is 9.38. The van der Waals surface area contributed by atoms with Crippen molar-refractivity contribution in [2.75, 3.05) is 11.5 Å². The van der Waals surface area contributed by atoms with Crippen molar-refractivity contribution in [1.29, 1.82) is 0 Å². The van der Waals surface area contributed by atoms with Gasteiger partial charge in [0.15, 0.2) is 9.84 Å². The first-order valence-electron chi connectivity index (χ1n) is 6.14. The summed E-state index contributed by atoms with van der Waals surface area (Å²) < 4.78 is 25.6. The van der Waals surface area contributed by atoms with Crippen LogP contribution in [0.15, 0.2) is 52.3 Å². The average molecular weight is 292 g/mol. The molecule has 5 nitrogen and oxygen atoms in total. The largest absolute Gasteiger partial charge is 0.398 e. The fraction of sp³-hybridized carbons (Fsp3) is 0.214. The second-order valence-electron chi connectivity index (χ2n) is 4.63. The van der Waals surface area contributed by atoms with Crippen molar-refractivity contribution in [2.45, 2.75) is 18.4 Å². The topological polar surface area (TPSA) is 82.2 Å². The van der Waals surface area contributed by atoms with Crippen LogP contribution in [-0.4, -0.2) is 18.7 Å². The summed E-state index contributed by atoms with van der Waals surface area (Å²) in [6.07, 6.45) is 1.45. The molecule has 6 heteroatoms. The van der Waals surface area contributed by atoms with Crippen LogP contribution >= 0.6 is 0 Å². The van der Waals surface area contributed by atoms with Gasteiger partial charge in [-0.1, -0.05) is 17.7 Å². The van der Waals surface area contributed by atoms with E-state index in [0.717, 1.165) is 5.56 Å². The van der Waals surface area contributed by atoms with Gasteiger partial charge in [0.05, 0.1) is 10.6 Å². The highest BCUT2D eigenvalue weighted by Crippen LogP contribution is 2.12. The standard InChI is InChI=1S/C14H16N2O3S/c1-11-2-5-13(6-3-11)20(18,19)9-8-16-10-12(15)4-7-14(16)17/h2-7,10H,8-9,15H2,1H3. The van der Waals surface area contributed by atoms with Crippen LogP contribution in [0.5, 0.6) is 0 Å². The normalized spacial score (nSPS) is 11.4. The number of aryl methyl sites for hydroxylation is 2. The minimum atomic E-state index is -3.41. The van der Waals surface area contributed by atoms with Gasteiger partial charge in [-0.05, 0) is 25.1 Å². The van der Waals surface area contributed by atoms with Crippen LogP contribution in [0.1, 0.15) is 5.56 Å². The zero-order chi connectivity index (χ0) is 14.8. The van der Waals surface area contributed by atoms with E-state index >= 15 is 0 Å². The van der Waals surface area contributed by atoms with E-state index in [9.17, 15) is 13.2 Å². The number of pyridine rings is 1. The van der Waals surface area contributed by atoms with Crippen LogP contribution in [0.25, 0.3) is 0 Å². The molecule has 0 saturated carbocycles. The molecular formula is C14H16N2O3S. The highest BCUT2D eigenvalue weighted by Gasteiger charge is 2.14. The van der Waals surface area contributed by atoms with Gasteiger partial charge in [0.1, 0.15) is 0 Å². The summed E-state index contributed by atoms with van der Waals surface area (Å²) in [5.74, 6) is -0.139. The molecule has 0 bridgehead atoms. The number of rotatable bonds is 4. The van der Waals surface area contributed by atoms with Crippen LogP contribution < -0.4 is 11.3 Å². The monoisotopic (exact) mass is 292 g/mol. The number of nitrogens with zero attached hydrogens (tertiary/aromatic N) is 1. The number of hydrogen-bond donors (Lipinski definition) is 1. The maximum Gasteiger partial charge on any atom is 0.250 e. The first-order valence-corrected chi connectivity index (χ1v) is 7.79. The Balaban J connectivity index is 2.19. The second-order valence-corrected chi connectivity index (χ2v) is 6.74. The predicted molar refractivity (Wildman–Crippen MR) is 78.3 cm³/mol. The lowest BCUT2D eigenvalue weighted by Crippen LogP contribution is -2.23. The van der Waals surface area contributed by atoms with E-state index in [1.54, 1.807) is 24.3 Å². The van der Waals surface area contributed by atoms with E-state index in [0.29, 0.717) is 5.69 Å². The molecule has 0 atom stereocenters. The van der Waals surface area contributed by atoms with E-state index in [1.165, 1.54) is 22.9 Å². The van der Waals surface area contributed by atoms with Gasteiger partial charge in [0.2, 0.25) is 0 Å². The van der Waals surface area contributed by atoms with Crippen molar-refractivity contribution in [2.24, 2.45) is 0 Å². The molecule has 0 amide bonds. The Morgan fingerprint density at radius 3 is 2.40 bits per heavy atom. The molecule has 0 radical (unpaired) electrons. The molecule has 2 rings (SSSR count). The maximum atomic E-state index is 12.2. The summed E-state index contributed by atoms with van der Waals surface area (Å²) in [6.45, 7) is 1.97. The van der Waals surface area contributed by atoms with Crippen molar-refractivity contribution in [3.63, 3.8) is 0 Å². The smallest absolute Gasteiger partial charge is 0.250 e. The summed E-state index contributed by atoms with van der Waals surface area (Å²) in [4.78, 5) is 11.8. The second kappa shape index (κ2) is 5.50. The molecule has 2 aromatic rings. The van der Waals surface area contributed by atoms with E-state index in [4.69, 9.17) is 5.73 Å². The molecule has 1 heterocycles. The van der Waals surface area contributed by atoms with Crippen LogP contribution in [0.2, 0.25) is 0 Å². The van der Waals surface area contributed by atoms with Gasteiger partial charge in [-0.25, -0.2) is 8.42 Å². The highest BCUT2D eigenvalue weighted by atomic mass is 32.2. The van der Waals surface area contributed by atoms with Crippen molar-refractivity contribution >= 4 is 15.5 Å². The number of anilines is 1. The third kappa shape index (κ3) is 3.27. The van der Waals surface area contributed by atoms with Crippen molar-refractivity contribution in [1.82, 2.24) is 4.57 Å². The fourth-order valence-corrected chi connectivity index (χ4v) is 3.03. The maximum absolute atomic E-state index is 12.2. The molecule has 0 aliphatic carbocycles. The molecular weight excluding hydrogens is 276 g/mol. The number of hydrogen-bond acceptors (Lipinski definition) is 4. The SMILES string of the molecule is Cc1ccc(S(=O)(=O)CCn2cc(N)ccc2=O)cc1. The Kier molecular flexibility index (Phi) is 3.94. The summed E-state index contributed by atoms with van der Waals surface area (Å²) in [5, 5.41) is 0. The van der Waals surface area contributed by atoms with E-state index in [-0.39, 0.29) is 22.8 Å². The molecule has 2 N–H and O–H groups in total. The van der Waals surface area contributed by atoms with Crippen molar-refractivity contribution in [3.05, 3.63) is 58.5 Å². The minimum absolute atomic E-state index is 0.0834. The van der Waals surface area contributed by atoms with Gasteiger partial charge in [-0.15, -0.1) is 0 Å². The van der Waals surface area contributed by atoms with E-state index in [2.05, 4.69) is 0 Å². The minimum Gasteiger partial charge on any atom is -0.398 e. The molecule has 0 fully saturated rings. The number of nitrogens with two attached hydrogens (primary N) is 1. The van der Waals surface area contributed by atoms with Gasteiger partial charge in [-0.2, -0.15) is 0 Å². The molecule has 0 spiro atoms. The molecule has 0 aliphatic heterocycles. The average Bonchev–Trinajstić information content (AvgIpc) is 2.40. The summed E-state index contributed by atoms with van der Waals surface area (Å²) in [5.41, 5.74) is 6.74. The molecule has 1 aromatic carbocycles. The van der Waals surface area contributed by atoms with Gasteiger partial charge in [0, 0.05) is 24.5 Å². The zero-order valence-electron chi connectivity index (χ0n) is 11.1. The number of aromatic nitrogens is 1. The van der Waals surface area contributed by atoms with Crippen LogP contribution in [-0.2, 0) is 16.4 Å². The molecule has 0 aliphatic rings. The highest BCUT2D eigenvalue weighted by molar-refractivity contribution is 7.91. The van der Waals surface area contributed by atoms with Crippen molar-refractivity contribution in [3.8, 4) is 0 Å². The fourth-order valence-electron chi connectivity index (χ4n) is 1.81. The van der Waals surface area contributed by atoms with Gasteiger partial charge in [0.25, 0.3) is 5.56 Å². The molecule has 0 unspecified atom stereocenters. The Bertz CT molecular complexity index is 762. The Morgan fingerprint density at radius 1 is 1.10 bits per heavy atom. The van der Waals surface area contributed by atoms with E-state index in [1.807, 2.05) is 6.92 Å². The molecule has 0 saturated heterocycles. The molecule has 20 heavy (non-hydrogen) atoms. The number of nitrogen functional groups attached to an aromatic ring is 1. The van der Waals surface area contributed by atoms with Crippen molar-refractivity contribution < 1.29 is 8.42 Å². The van der Waals surface area contributed by atoms with Crippen LogP contribution in [0.3, 0.4) is 0 Å². The molecule has 1 aromatic heterocycles. The Hall–Kier alpha value is -2.08. The summed E-state index contributed by atoms with van der Waals surface area (Å²) >= 11 is 0. The summed E-state index contributed by atoms with van der Waals surface area (Å²) in [6, 6.07) is 9.47. The predicted octanol–water partition coefficient (Wildman–Crippen LogP) is 1.21. The number of benzene rings is 1. The lowest BCUT2D eigenvalue weighted by molar-refractivity contribution is 0.587. The third-order valence-corrected chi connectivity index (χ3v) is 4.70. The molecule has 106 valence electrons. The lowest BCUT2D eigenvalue weighted by atomic mass is 10.2. The third-order valence-electron chi connectivity index (χ3n) is 2.99. The van der Waals surface area contributed by atoms with Gasteiger partial charge in [-0.3, -0.25) is 4.79 Å². The Labute approximate surface area is 117 Å². The summed E-state index contributed by atoms with van der Waals surface area (Å²) in [7, 11) is -3.41. The van der Waals surface area contributed by atoms with E-state index < -0.39 is 9.84 Å².